The fraction of sp³-hybridized carbons (Fsp3) is 0.133. The van der Waals surface area contributed by atoms with E-state index >= 15 is 0 Å². The molecule has 0 bridgehead atoms. The average molecular weight is 291 g/mol. The maximum Gasteiger partial charge on any atom is 0.128 e. The molecule has 2 aromatic carbocycles. The number of halogens is 1. The number of rotatable bonds is 5. The van der Waals surface area contributed by atoms with E-state index in [0.717, 1.165) is 16.9 Å². The Morgan fingerprint density at radius 2 is 2.10 bits per heavy atom. The highest BCUT2D eigenvalue weighted by Gasteiger charge is 2.04. The van der Waals surface area contributed by atoms with Crippen LogP contribution in [0.3, 0.4) is 0 Å². The minimum absolute atomic E-state index is 0.421. The van der Waals surface area contributed by atoms with Gasteiger partial charge in [0.15, 0.2) is 0 Å². The maximum atomic E-state index is 5.93. The molecule has 0 unspecified atom stereocenters. The summed E-state index contributed by atoms with van der Waals surface area (Å²) in [7, 11) is 1.63. The fourth-order valence-corrected chi connectivity index (χ4v) is 1.94. The van der Waals surface area contributed by atoms with Gasteiger partial charge in [0.05, 0.1) is 13.3 Å². The first kappa shape index (κ1) is 14.2. The number of nitrogens with zero attached hydrogens (tertiary/aromatic N) is 1. The van der Waals surface area contributed by atoms with E-state index in [4.69, 9.17) is 26.9 Å². The summed E-state index contributed by atoms with van der Waals surface area (Å²) in [5.41, 5.74) is 1.75. The van der Waals surface area contributed by atoms with E-state index in [1.165, 1.54) is 6.21 Å². The van der Waals surface area contributed by atoms with Crippen molar-refractivity contribution in [2.45, 2.75) is 6.61 Å². The topological polar surface area (TPSA) is 56.8 Å². The highest BCUT2D eigenvalue weighted by Crippen LogP contribution is 2.23. The van der Waals surface area contributed by atoms with Crippen LogP contribution < -0.4 is 15.3 Å². The molecule has 2 rings (SSSR count). The number of hydrogen-bond donors (Lipinski definition) is 1. The summed E-state index contributed by atoms with van der Waals surface area (Å²) in [5.74, 6) is 6.65. The van der Waals surface area contributed by atoms with Crippen molar-refractivity contribution in [3.63, 3.8) is 0 Å². The van der Waals surface area contributed by atoms with Gasteiger partial charge in [0.2, 0.25) is 0 Å². The Morgan fingerprint density at radius 3 is 2.85 bits per heavy atom. The zero-order chi connectivity index (χ0) is 14.4. The Labute approximate surface area is 122 Å². The lowest BCUT2D eigenvalue weighted by Crippen LogP contribution is -1.99. The predicted octanol–water partition coefficient (Wildman–Crippen LogP) is 3.22. The number of hydrazone groups is 1. The molecule has 0 spiro atoms. The van der Waals surface area contributed by atoms with Crippen LogP contribution >= 0.6 is 11.6 Å². The molecule has 2 aromatic rings. The van der Waals surface area contributed by atoms with Crippen molar-refractivity contribution < 1.29 is 9.47 Å². The number of methoxy groups -OCH3 is 1. The SMILES string of the molecule is COc1cccc(COc2ccc(Cl)cc2C=NN)c1. The Hall–Kier alpha value is -2.20. The van der Waals surface area contributed by atoms with Gasteiger partial charge < -0.3 is 15.3 Å². The molecular weight excluding hydrogens is 276 g/mol. The summed E-state index contributed by atoms with van der Waals surface area (Å²) in [6.45, 7) is 0.421. The molecule has 0 saturated carbocycles. The monoisotopic (exact) mass is 290 g/mol. The molecule has 0 amide bonds. The van der Waals surface area contributed by atoms with Crippen LogP contribution in [0.4, 0.5) is 0 Å². The minimum atomic E-state index is 0.421. The fourth-order valence-electron chi connectivity index (χ4n) is 1.76. The zero-order valence-electron chi connectivity index (χ0n) is 11.0. The van der Waals surface area contributed by atoms with Gasteiger partial charge in [-0.15, -0.1) is 0 Å². The van der Waals surface area contributed by atoms with Gasteiger partial charge in [0.25, 0.3) is 0 Å². The van der Waals surface area contributed by atoms with E-state index in [1.54, 1.807) is 25.3 Å². The quantitative estimate of drug-likeness (QED) is 0.522. The first-order chi connectivity index (χ1) is 9.72. The van der Waals surface area contributed by atoms with E-state index in [2.05, 4.69) is 5.10 Å². The standard InChI is InChI=1S/C15H15ClN2O2/c1-19-14-4-2-3-11(7-14)10-20-15-6-5-13(16)8-12(15)9-18-17/h2-9H,10,17H2,1H3. The highest BCUT2D eigenvalue weighted by atomic mass is 35.5. The number of ether oxygens (including phenoxy) is 2. The van der Waals surface area contributed by atoms with E-state index < -0.39 is 0 Å². The smallest absolute Gasteiger partial charge is 0.128 e. The highest BCUT2D eigenvalue weighted by molar-refractivity contribution is 6.30. The second-order valence-corrected chi connectivity index (χ2v) is 4.54. The molecule has 0 aliphatic carbocycles. The summed E-state index contributed by atoms with van der Waals surface area (Å²) >= 11 is 5.93. The van der Waals surface area contributed by atoms with Crippen LogP contribution in [0.25, 0.3) is 0 Å². The van der Waals surface area contributed by atoms with Gasteiger partial charge in [0.1, 0.15) is 18.1 Å². The van der Waals surface area contributed by atoms with E-state index in [1.807, 2.05) is 24.3 Å². The van der Waals surface area contributed by atoms with Crippen molar-refractivity contribution in [3.05, 3.63) is 58.6 Å². The van der Waals surface area contributed by atoms with Gasteiger partial charge in [-0.05, 0) is 35.9 Å². The lowest BCUT2D eigenvalue weighted by Gasteiger charge is -2.10. The Bertz CT molecular complexity index is 615. The first-order valence-electron chi connectivity index (χ1n) is 6.01. The van der Waals surface area contributed by atoms with Gasteiger partial charge in [-0.25, -0.2) is 0 Å². The molecule has 0 aliphatic heterocycles. The molecule has 4 nitrogen and oxygen atoms in total. The van der Waals surface area contributed by atoms with Crippen LogP contribution in [-0.4, -0.2) is 13.3 Å². The van der Waals surface area contributed by atoms with E-state index in [9.17, 15) is 0 Å². The van der Waals surface area contributed by atoms with Crippen LogP contribution in [0.2, 0.25) is 5.02 Å². The second-order valence-electron chi connectivity index (χ2n) is 4.10. The van der Waals surface area contributed by atoms with Crippen molar-refractivity contribution in [1.82, 2.24) is 0 Å². The predicted molar refractivity (Wildman–Crippen MR) is 80.6 cm³/mol. The Kier molecular flexibility index (Phi) is 4.85. The zero-order valence-corrected chi connectivity index (χ0v) is 11.8. The van der Waals surface area contributed by atoms with Crippen LogP contribution in [0.15, 0.2) is 47.6 Å². The molecular formula is C15H15ClN2O2. The molecule has 0 heterocycles. The van der Waals surface area contributed by atoms with E-state index in [-0.39, 0.29) is 0 Å². The maximum absolute atomic E-state index is 5.93. The molecule has 104 valence electrons. The lowest BCUT2D eigenvalue weighted by molar-refractivity contribution is 0.305. The number of benzene rings is 2. The van der Waals surface area contributed by atoms with Gasteiger partial charge in [-0.1, -0.05) is 23.7 Å². The molecule has 2 N–H and O–H groups in total. The molecule has 0 fully saturated rings. The summed E-state index contributed by atoms with van der Waals surface area (Å²) in [4.78, 5) is 0. The van der Waals surface area contributed by atoms with Gasteiger partial charge in [-0.3, -0.25) is 0 Å². The largest absolute Gasteiger partial charge is 0.497 e. The first-order valence-corrected chi connectivity index (χ1v) is 6.39. The molecule has 0 atom stereocenters. The van der Waals surface area contributed by atoms with Crippen molar-refractivity contribution in [2.75, 3.05) is 7.11 Å². The average Bonchev–Trinajstić information content (AvgIpc) is 2.47. The second kappa shape index (κ2) is 6.82. The minimum Gasteiger partial charge on any atom is -0.497 e. The normalized spacial score (nSPS) is 10.7. The summed E-state index contributed by atoms with van der Waals surface area (Å²) in [6, 6.07) is 13.0. The lowest BCUT2D eigenvalue weighted by atomic mass is 10.2. The summed E-state index contributed by atoms with van der Waals surface area (Å²) in [5, 5.41) is 4.11. The van der Waals surface area contributed by atoms with Crippen molar-refractivity contribution in [2.24, 2.45) is 10.9 Å². The third kappa shape index (κ3) is 3.65. The third-order valence-electron chi connectivity index (χ3n) is 2.71. The summed E-state index contributed by atoms with van der Waals surface area (Å²) < 4.78 is 10.9. The number of hydrogen-bond acceptors (Lipinski definition) is 4. The van der Waals surface area contributed by atoms with Crippen LogP contribution in [0.1, 0.15) is 11.1 Å². The third-order valence-corrected chi connectivity index (χ3v) is 2.95. The van der Waals surface area contributed by atoms with Crippen molar-refractivity contribution in [1.29, 1.82) is 0 Å². The van der Waals surface area contributed by atoms with Gasteiger partial charge >= 0.3 is 0 Å². The molecule has 20 heavy (non-hydrogen) atoms. The van der Waals surface area contributed by atoms with Crippen molar-refractivity contribution >= 4 is 17.8 Å². The molecule has 0 aliphatic rings. The van der Waals surface area contributed by atoms with Crippen LogP contribution in [-0.2, 0) is 6.61 Å². The van der Waals surface area contributed by atoms with Crippen LogP contribution in [0, 0.1) is 0 Å². The molecule has 0 saturated heterocycles. The molecule has 0 aromatic heterocycles. The molecule has 5 heteroatoms. The van der Waals surface area contributed by atoms with Crippen molar-refractivity contribution in [3.8, 4) is 11.5 Å². The Balaban J connectivity index is 2.14. The molecule has 0 radical (unpaired) electrons. The van der Waals surface area contributed by atoms with E-state index in [0.29, 0.717) is 17.4 Å². The number of nitrogens with two attached hydrogens (primary N) is 1. The summed E-state index contributed by atoms with van der Waals surface area (Å²) in [6.07, 6.45) is 1.51. The van der Waals surface area contributed by atoms with Gasteiger partial charge in [0, 0.05) is 10.6 Å². The Morgan fingerprint density at radius 1 is 1.25 bits per heavy atom. The van der Waals surface area contributed by atoms with Gasteiger partial charge in [-0.2, -0.15) is 5.10 Å². The van der Waals surface area contributed by atoms with Crippen LogP contribution in [0.5, 0.6) is 11.5 Å².